The van der Waals surface area contributed by atoms with E-state index in [0.717, 1.165) is 0 Å². The standard InChI is InChI=1S/C34H21N3O9/c1-20(38)43-29-15-13-22(17-26-34(40)46-32(36-26)24-10-6-3-7-11-24)19-30(29)44-28-14-12-21(18-27(28)37(41)42)16-25-33(39)45-31(35-25)23-8-4-2-5-9-23/h2-19H,1H3/b25-16-,26-17-. The number of benzene rings is 4. The first kappa shape index (κ1) is 29.4. The molecule has 2 heterocycles. The van der Waals surface area contributed by atoms with Crippen molar-refractivity contribution in [3.05, 3.63) is 141 Å². The van der Waals surface area contributed by atoms with Gasteiger partial charge < -0.3 is 18.9 Å². The highest BCUT2D eigenvalue weighted by Gasteiger charge is 2.26. The van der Waals surface area contributed by atoms with E-state index in [4.69, 9.17) is 18.9 Å². The van der Waals surface area contributed by atoms with Crippen molar-refractivity contribution >= 4 is 47.5 Å². The molecular formula is C34H21N3O9. The zero-order valence-electron chi connectivity index (χ0n) is 23.9. The SMILES string of the molecule is CC(=O)Oc1ccc(/C=C2\N=C(c3ccccc3)OC2=O)cc1Oc1ccc(/C=C2\N=C(c3ccccc3)OC2=O)cc1[N+](=O)[O-]. The van der Waals surface area contributed by atoms with Crippen molar-refractivity contribution in [1.29, 1.82) is 0 Å². The van der Waals surface area contributed by atoms with Gasteiger partial charge in [-0.1, -0.05) is 48.5 Å². The van der Waals surface area contributed by atoms with Gasteiger partial charge in [0.05, 0.1) is 4.92 Å². The summed E-state index contributed by atoms with van der Waals surface area (Å²) in [5.41, 5.74) is 1.44. The van der Waals surface area contributed by atoms with Gasteiger partial charge in [0, 0.05) is 24.1 Å². The minimum absolute atomic E-state index is 0.0110. The second-order valence-electron chi connectivity index (χ2n) is 9.79. The highest BCUT2D eigenvalue weighted by Crippen LogP contribution is 2.38. The summed E-state index contributed by atoms with van der Waals surface area (Å²) in [6.07, 6.45) is 2.80. The maximum Gasteiger partial charge on any atom is 0.363 e. The molecule has 0 atom stereocenters. The van der Waals surface area contributed by atoms with Crippen molar-refractivity contribution in [2.75, 3.05) is 0 Å². The van der Waals surface area contributed by atoms with Crippen molar-refractivity contribution in [3.8, 4) is 17.2 Å². The Hall–Kier alpha value is -6.69. The molecule has 46 heavy (non-hydrogen) atoms. The summed E-state index contributed by atoms with van der Waals surface area (Å²) in [6.45, 7) is 1.19. The van der Waals surface area contributed by atoms with Crippen LogP contribution >= 0.6 is 0 Å². The van der Waals surface area contributed by atoms with Gasteiger partial charge in [-0.15, -0.1) is 0 Å². The number of hydrogen-bond donors (Lipinski definition) is 0. The molecule has 0 saturated heterocycles. The zero-order chi connectivity index (χ0) is 32.2. The van der Waals surface area contributed by atoms with Crippen LogP contribution in [-0.2, 0) is 23.9 Å². The van der Waals surface area contributed by atoms with Crippen LogP contribution in [0.2, 0.25) is 0 Å². The van der Waals surface area contributed by atoms with Gasteiger partial charge in [-0.25, -0.2) is 19.6 Å². The lowest BCUT2D eigenvalue weighted by Crippen LogP contribution is -2.05. The second kappa shape index (κ2) is 12.5. The normalized spacial score (nSPS) is 15.7. The van der Waals surface area contributed by atoms with Crippen LogP contribution in [0.5, 0.6) is 17.2 Å². The molecule has 12 nitrogen and oxygen atoms in total. The Morgan fingerprint density at radius 1 is 0.717 bits per heavy atom. The van der Waals surface area contributed by atoms with Crippen molar-refractivity contribution in [3.63, 3.8) is 0 Å². The van der Waals surface area contributed by atoms with E-state index >= 15 is 0 Å². The predicted molar refractivity (Wildman–Crippen MR) is 165 cm³/mol. The van der Waals surface area contributed by atoms with Gasteiger partial charge in [-0.05, 0) is 65.7 Å². The molecule has 2 aliphatic rings. The Labute approximate surface area is 260 Å². The Bertz CT molecular complexity index is 2030. The van der Waals surface area contributed by atoms with Crippen molar-refractivity contribution in [2.45, 2.75) is 6.92 Å². The fraction of sp³-hybridized carbons (Fsp3) is 0.0294. The van der Waals surface area contributed by atoms with E-state index in [1.807, 2.05) is 12.1 Å². The summed E-state index contributed by atoms with van der Waals surface area (Å²) in [5, 5.41) is 12.1. The third kappa shape index (κ3) is 6.45. The Morgan fingerprint density at radius 3 is 1.72 bits per heavy atom. The molecule has 4 aromatic carbocycles. The summed E-state index contributed by atoms with van der Waals surface area (Å²) in [6, 6.07) is 26.1. The molecule has 6 rings (SSSR count). The minimum atomic E-state index is -0.704. The number of rotatable bonds is 8. The summed E-state index contributed by atoms with van der Waals surface area (Å²) in [4.78, 5) is 56.7. The highest BCUT2D eigenvalue weighted by molar-refractivity contribution is 6.13. The Morgan fingerprint density at radius 2 is 1.22 bits per heavy atom. The lowest BCUT2D eigenvalue weighted by Gasteiger charge is -2.12. The van der Waals surface area contributed by atoms with Crippen LogP contribution in [0.3, 0.4) is 0 Å². The van der Waals surface area contributed by atoms with Crippen LogP contribution in [0, 0.1) is 10.1 Å². The summed E-state index contributed by atoms with van der Waals surface area (Å²) in [5.74, 6) is -2.01. The van der Waals surface area contributed by atoms with E-state index in [-0.39, 0.29) is 46.0 Å². The number of esters is 3. The van der Waals surface area contributed by atoms with Gasteiger partial charge in [-0.3, -0.25) is 14.9 Å². The lowest BCUT2D eigenvalue weighted by molar-refractivity contribution is -0.385. The van der Waals surface area contributed by atoms with Crippen molar-refractivity contribution < 1.29 is 38.3 Å². The van der Waals surface area contributed by atoms with E-state index in [9.17, 15) is 24.5 Å². The highest BCUT2D eigenvalue weighted by atomic mass is 16.6. The first-order valence-electron chi connectivity index (χ1n) is 13.7. The maximum absolute atomic E-state index is 12.5. The fourth-order valence-corrected chi connectivity index (χ4v) is 4.45. The monoisotopic (exact) mass is 615 g/mol. The summed E-state index contributed by atoms with van der Waals surface area (Å²) >= 11 is 0. The molecule has 226 valence electrons. The van der Waals surface area contributed by atoms with E-state index < -0.39 is 28.5 Å². The van der Waals surface area contributed by atoms with Gasteiger partial charge in [0.1, 0.15) is 0 Å². The molecule has 0 spiro atoms. The molecule has 0 fully saturated rings. The molecule has 0 unspecified atom stereocenters. The number of cyclic esters (lactones) is 2. The van der Waals surface area contributed by atoms with Crippen LogP contribution in [0.25, 0.3) is 12.2 Å². The number of hydrogen-bond acceptors (Lipinski definition) is 11. The van der Waals surface area contributed by atoms with E-state index in [1.54, 1.807) is 54.6 Å². The van der Waals surface area contributed by atoms with Crippen molar-refractivity contribution in [2.24, 2.45) is 9.98 Å². The predicted octanol–water partition coefficient (Wildman–Crippen LogP) is 6.00. The molecule has 2 aliphatic heterocycles. The maximum atomic E-state index is 12.5. The largest absolute Gasteiger partial charge is 0.446 e. The van der Waals surface area contributed by atoms with Crippen LogP contribution in [0.15, 0.2) is 118 Å². The number of carbonyl (C=O) groups excluding carboxylic acids is 3. The fourth-order valence-electron chi connectivity index (χ4n) is 4.45. The zero-order valence-corrected chi connectivity index (χ0v) is 23.9. The van der Waals surface area contributed by atoms with Gasteiger partial charge >= 0.3 is 23.6 Å². The van der Waals surface area contributed by atoms with Gasteiger partial charge in [0.2, 0.25) is 17.5 Å². The molecule has 0 saturated carbocycles. The van der Waals surface area contributed by atoms with Crippen LogP contribution in [0.4, 0.5) is 5.69 Å². The average Bonchev–Trinajstić information content (AvgIpc) is 3.60. The molecule has 0 bridgehead atoms. The average molecular weight is 616 g/mol. The number of nitro benzene ring substituents is 1. The summed E-state index contributed by atoms with van der Waals surface area (Å²) < 4.78 is 21.7. The molecule has 0 amide bonds. The van der Waals surface area contributed by atoms with Gasteiger partial charge in [0.15, 0.2) is 22.9 Å². The molecule has 0 aliphatic carbocycles. The van der Waals surface area contributed by atoms with Crippen LogP contribution in [-0.4, -0.2) is 34.6 Å². The number of nitrogens with zero attached hydrogens (tertiary/aromatic N) is 3. The van der Waals surface area contributed by atoms with E-state index in [1.165, 1.54) is 49.4 Å². The number of aliphatic imine (C=N–C) groups is 2. The molecule has 0 N–H and O–H groups in total. The minimum Gasteiger partial charge on any atom is -0.446 e. The lowest BCUT2D eigenvalue weighted by atomic mass is 10.1. The number of nitro groups is 1. The Balaban J connectivity index is 1.31. The number of carbonyl (C=O) groups is 3. The first-order chi connectivity index (χ1) is 22.2. The quantitative estimate of drug-likeness (QED) is 0.0762. The topological polar surface area (TPSA) is 156 Å². The second-order valence-corrected chi connectivity index (χ2v) is 9.79. The third-order valence-corrected chi connectivity index (χ3v) is 6.51. The smallest absolute Gasteiger partial charge is 0.363 e. The molecule has 4 aromatic rings. The van der Waals surface area contributed by atoms with Crippen LogP contribution in [0.1, 0.15) is 29.2 Å². The first-order valence-corrected chi connectivity index (χ1v) is 13.7. The van der Waals surface area contributed by atoms with Gasteiger partial charge in [0.25, 0.3) is 0 Å². The van der Waals surface area contributed by atoms with Crippen molar-refractivity contribution in [1.82, 2.24) is 0 Å². The van der Waals surface area contributed by atoms with Gasteiger partial charge in [-0.2, -0.15) is 0 Å². The Kier molecular flexibility index (Phi) is 7.99. The molecule has 12 heteroatoms. The molecular weight excluding hydrogens is 594 g/mol. The van der Waals surface area contributed by atoms with Crippen LogP contribution < -0.4 is 9.47 Å². The third-order valence-electron chi connectivity index (χ3n) is 6.51. The summed E-state index contributed by atoms with van der Waals surface area (Å²) in [7, 11) is 0. The van der Waals surface area contributed by atoms with E-state index in [2.05, 4.69) is 9.98 Å². The van der Waals surface area contributed by atoms with E-state index in [0.29, 0.717) is 16.7 Å². The molecule has 0 radical (unpaired) electrons. The molecule has 0 aromatic heterocycles. The number of ether oxygens (including phenoxy) is 4.